The Kier molecular flexibility index (Phi) is 37.7. The second kappa shape index (κ2) is 45.0. The van der Waals surface area contributed by atoms with Crippen LogP contribution in [-0.4, -0.2) is 206 Å². The number of fused-ring (bicyclic) bond motifs is 1. The van der Waals surface area contributed by atoms with E-state index in [0.29, 0.717) is 67.0 Å². The van der Waals surface area contributed by atoms with Crippen LogP contribution in [0.5, 0.6) is 5.75 Å². The van der Waals surface area contributed by atoms with E-state index >= 15 is 0 Å². The van der Waals surface area contributed by atoms with Crippen LogP contribution in [0.15, 0.2) is 66.9 Å². The molecule has 34 heteroatoms. The van der Waals surface area contributed by atoms with Gasteiger partial charge in [-0.15, -0.1) is 0 Å². The summed E-state index contributed by atoms with van der Waals surface area (Å²) in [6, 6.07) is -1.72. The van der Waals surface area contributed by atoms with E-state index < -0.39 is 191 Å². The topological polar surface area (TPSA) is 534 Å². The molecule has 0 bridgehead atoms. The smallest absolute Gasteiger partial charge is 0.303 e. The number of hydrogen-bond acceptors (Lipinski definition) is 21. The highest BCUT2D eigenvalue weighted by Crippen LogP contribution is 2.31. The van der Waals surface area contributed by atoms with Crippen LogP contribution in [0.1, 0.15) is 184 Å². The first-order valence-electron chi connectivity index (χ1n) is 37.9. The number of primary amides is 2. The first kappa shape index (κ1) is 93.8. The number of likely N-dealkylation sites (N-methyl/N-ethyl adjacent to an activating group) is 1. The molecule has 1 aliphatic rings. The number of nitrogens with one attached hydrogen (secondary N) is 12. The maximum atomic E-state index is 15.0. The van der Waals surface area contributed by atoms with Gasteiger partial charge in [0.1, 0.15) is 53.3 Å². The van der Waals surface area contributed by atoms with E-state index in [2.05, 4.69) is 63.6 Å². The summed E-state index contributed by atoms with van der Waals surface area (Å²) in [5, 5.41) is 48.3. The number of carbonyl (C=O) groups is 17. The molecule has 2 aromatic carbocycles. The normalized spacial score (nSPS) is 23.2. The molecular weight excluding hydrogens is 1450 g/mol. The van der Waals surface area contributed by atoms with Gasteiger partial charge in [0.25, 0.3) is 0 Å². The van der Waals surface area contributed by atoms with Crippen molar-refractivity contribution in [3.05, 3.63) is 78.0 Å². The van der Waals surface area contributed by atoms with Gasteiger partial charge in [-0.05, 0) is 148 Å². The Labute approximate surface area is 652 Å². The number of aliphatic carboxylic acids is 1. The number of carboxylic acids is 1. The minimum Gasteiger partial charge on any atom is -0.508 e. The number of nitrogens with zero attached hydrogens (tertiary/aromatic N) is 1. The third-order valence-electron chi connectivity index (χ3n) is 19.3. The zero-order valence-corrected chi connectivity index (χ0v) is 66.2. The molecule has 1 aliphatic heterocycles. The summed E-state index contributed by atoms with van der Waals surface area (Å²) >= 11 is 0. The van der Waals surface area contributed by atoms with Crippen molar-refractivity contribution in [3.63, 3.8) is 0 Å². The minimum absolute atomic E-state index is 0.0193. The summed E-state index contributed by atoms with van der Waals surface area (Å²) in [5.74, 6) is -16.6. The number of amides is 11. The molecule has 13 atom stereocenters. The number of ketones is 5. The monoisotopic (exact) mass is 1570 g/mol. The SMILES string of the molecule is CC(=O)C[C@]1(C)CCCCCC/C=C/CCC[C@@](C)(C(=O)NC(C)C(=O)N[C@@H](C)C(=O)NC(C)C(=O)N[C@@H](C)C(=O)C(=O)[C@H](C)NN(C)CC(N)=O)NC(=O)[C@H](CC(C)C)CN[C@@H](CCC(N)=O)C(=O)C(=O)C(C)NC(=O)[C@H](Cc2c[nH]c3ccccc23)NC(=O)C(Cc2ccc(O)cc2)NC(=O)[C@H](CCC(=O)O)NC1=O. The number of Topliss-reactive ketones (excluding diaryl/α,β-unsaturated/α-hetero) is 5. The number of carboxylic acid groups (broad SMARTS) is 1. The number of allylic oxidation sites excluding steroid dienone is 2. The summed E-state index contributed by atoms with van der Waals surface area (Å²) < 4.78 is 0. The molecule has 0 saturated heterocycles. The van der Waals surface area contributed by atoms with Crippen molar-refractivity contribution >= 4 is 111 Å². The highest BCUT2D eigenvalue weighted by Gasteiger charge is 2.42. The lowest BCUT2D eigenvalue weighted by molar-refractivity contribution is -0.140. The molecule has 0 aliphatic carbocycles. The lowest BCUT2D eigenvalue weighted by Gasteiger charge is -2.33. The number of aromatic amines is 1. The van der Waals surface area contributed by atoms with Gasteiger partial charge in [-0.2, -0.15) is 0 Å². The average molecular weight is 1570 g/mol. The highest BCUT2D eigenvalue weighted by atomic mass is 16.4. The van der Waals surface area contributed by atoms with Crippen molar-refractivity contribution < 1.29 is 91.7 Å². The Morgan fingerprint density at radius 3 is 1.73 bits per heavy atom. The number of hydrazine groups is 1. The van der Waals surface area contributed by atoms with Crippen LogP contribution in [-0.2, 0) is 94.3 Å². The summed E-state index contributed by atoms with van der Waals surface area (Å²) in [5.41, 5.74) is 11.8. The highest BCUT2D eigenvalue weighted by molar-refractivity contribution is 6.41. The minimum atomic E-state index is -1.78. The number of H-pyrrole nitrogens is 1. The maximum absolute atomic E-state index is 15.0. The van der Waals surface area contributed by atoms with Crippen LogP contribution in [0.25, 0.3) is 10.9 Å². The summed E-state index contributed by atoms with van der Waals surface area (Å²) in [6.45, 7) is 15.1. The van der Waals surface area contributed by atoms with E-state index in [0.717, 1.165) is 0 Å². The number of phenols is 1. The van der Waals surface area contributed by atoms with Gasteiger partial charge < -0.3 is 79.8 Å². The predicted molar refractivity (Wildman–Crippen MR) is 413 cm³/mol. The Morgan fingerprint density at radius 1 is 0.598 bits per heavy atom. The molecule has 4 unspecified atom stereocenters. The third kappa shape index (κ3) is 30.9. The van der Waals surface area contributed by atoms with Crippen LogP contribution in [0.2, 0.25) is 0 Å². The number of phenolic OH excluding ortho intramolecular Hbond substituents is 1. The molecule has 112 heavy (non-hydrogen) atoms. The molecule has 1 aromatic heterocycles. The fraction of sp³-hybridized carbons (Fsp3) is 0.577. The van der Waals surface area contributed by atoms with E-state index in [1.165, 1.54) is 91.7 Å². The number of aromatic nitrogens is 1. The van der Waals surface area contributed by atoms with Crippen molar-refractivity contribution in [1.29, 1.82) is 0 Å². The molecule has 0 radical (unpaired) electrons. The van der Waals surface area contributed by atoms with Crippen LogP contribution in [0, 0.1) is 17.3 Å². The molecule has 0 fully saturated rings. The van der Waals surface area contributed by atoms with Crippen LogP contribution in [0.4, 0.5) is 0 Å². The molecule has 34 nitrogen and oxygen atoms in total. The fourth-order valence-corrected chi connectivity index (χ4v) is 12.8. The van der Waals surface area contributed by atoms with Crippen LogP contribution < -0.4 is 70.1 Å². The van der Waals surface area contributed by atoms with Gasteiger partial charge in [-0.25, -0.2) is 10.4 Å². The fourth-order valence-electron chi connectivity index (χ4n) is 12.8. The zero-order valence-electron chi connectivity index (χ0n) is 66.2. The van der Waals surface area contributed by atoms with Gasteiger partial charge >= 0.3 is 5.97 Å². The maximum Gasteiger partial charge on any atom is 0.303 e. The van der Waals surface area contributed by atoms with Gasteiger partial charge in [-0.1, -0.05) is 82.5 Å². The standard InChI is InChI=1S/C78H115N15O19/c1-43(2)36-53-41-82-57(30-32-61(79)96)67(103)65(101)46(5)84-73(109)60(38-52-40-81-56-25-21-20-24-55(52)56)89-74(110)59(37-51-26-28-54(95)29-27-51)88-72(108)58(31-33-63(98)99)90-75(111)77(10,39-44(3)94)34-22-18-16-14-13-15-17-19-23-35-78(11,91-71(53)107)76(112)87-50(9)70(106)86-49(8)69(105)85-48(7)68(104)83-45(4)64(100)66(102)47(6)92-93(12)42-62(80)97/h15,17,20-21,24-29,40,43,45-50,53,57-60,81-82,92,95H,13-14,16,18-19,22-23,30-39,41-42H2,1-12H3,(H2,79,96)(H2,80,97)(H,83,104)(H,84,109)(H,85,105)(H,86,106)(H,87,112)(H,88,108)(H,89,110)(H,90,111)(H,91,107)(H,98,99)/b17-15+/t45-,46?,47-,48?,49-,50?,53+,57-,58-,59?,60-,77-,78-/m0/s1. The van der Waals surface area contributed by atoms with Crippen LogP contribution in [0.3, 0.4) is 0 Å². The van der Waals surface area contributed by atoms with Crippen molar-refractivity contribution in [2.24, 2.45) is 28.7 Å². The van der Waals surface area contributed by atoms with E-state index in [9.17, 15) is 91.7 Å². The second-order valence-electron chi connectivity index (χ2n) is 30.1. The van der Waals surface area contributed by atoms with E-state index in [-0.39, 0.29) is 75.5 Å². The largest absolute Gasteiger partial charge is 0.508 e. The second-order valence-corrected chi connectivity index (χ2v) is 30.1. The summed E-state index contributed by atoms with van der Waals surface area (Å²) in [6.07, 6.45) is 6.80. The number of carbonyl (C=O) groups excluding carboxylic acids is 16. The Hall–Kier alpha value is -10.6. The van der Waals surface area contributed by atoms with Gasteiger partial charge in [0.2, 0.25) is 88.1 Å². The lowest BCUT2D eigenvalue weighted by atomic mass is 9.79. The van der Waals surface area contributed by atoms with Gasteiger partial charge in [0.05, 0.1) is 42.0 Å². The first-order chi connectivity index (χ1) is 52.5. The number of hydrogen-bond donors (Lipinski definition) is 16. The molecule has 616 valence electrons. The van der Waals surface area contributed by atoms with Gasteiger partial charge in [0, 0.05) is 62.8 Å². The molecule has 0 saturated carbocycles. The van der Waals surface area contributed by atoms with Crippen molar-refractivity contribution in [3.8, 4) is 5.75 Å². The number of aromatic hydroxyl groups is 1. The van der Waals surface area contributed by atoms with Gasteiger partial charge in [0.15, 0.2) is 0 Å². The molecule has 4 rings (SSSR count). The lowest BCUT2D eigenvalue weighted by Crippen LogP contribution is -2.62. The Morgan fingerprint density at radius 2 is 1.14 bits per heavy atom. The summed E-state index contributed by atoms with van der Waals surface area (Å²) in [7, 11) is 1.43. The molecule has 2 heterocycles. The van der Waals surface area contributed by atoms with E-state index in [1.807, 2.05) is 26.0 Å². The van der Waals surface area contributed by atoms with Crippen molar-refractivity contribution in [1.82, 2.24) is 68.6 Å². The molecule has 3 aromatic rings. The molecule has 18 N–H and O–H groups in total. The Bertz CT molecular complexity index is 3900. The first-order valence-corrected chi connectivity index (χ1v) is 37.9. The molecular formula is C78H115N15O19. The van der Waals surface area contributed by atoms with Gasteiger partial charge in [-0.3, -0.25) is 81.5 Å². The van der Waals surface area contributed by atoms with Crippen molar-refractivity contribution in [2.75, 3.05) is 20.1 Å². The van der Waals surface area contributed by atoms with E-state index in [1.54, 1.807) is 37.4 Å². The number of rotatable bonds is 29. The zero-order chi connectivity index (χ0) is 83.9. The molecule has 11 amide bonds. The van der Waals surface area contributed by atoms with Crippen molar-refractivity contribution in [2.45, 2.75) is 251 Å². The number of para-hydroxylation sites is 1. The predicted octanol–water partition coefficient (Wildman–Crippen LogP) is 0.915. The number of benzene rings is 2. The summed E-state index contributed by atoms with van der Waals surface area (Å²) in [4.78, 5) is 236. The van der Waals surface area contributed by atoms with E-state index in [4.69, 9.17) is 11.5 Å². The average Bonchev–Trinajstić information content (AvgIpc) is 1.53. The molecule has 0 spiro atoms. The number of nitrogens with two attached hydrogens (primary N) is 2. The quantitative estimate of drug-likeness (QED) is 0.0261. The Balaban J connectivity index is 1.71. The van der Waals surface area contributed by atoms with Crippen LogP contribution >= 0.6 is 0 Å². The third-order valence-corrected chi connectivity index (χ3v) is 19.3.